The standard InChI is InChI=1S/C18H22N2O3/c1-12-16(13(2)23-19-12)11-18(21)20-10-4-5-17(20)14-6-8-15(22-3)9-7-14/h6-9,17H,4-5,10-11H2,1-3H3. The third-order valence-corrected chi connectivity index (χ3v) is 4.58. The maximum atomic E-state index is 12.8. The minimum Gasteiger partial charge on any atom is -0.497 e. The maximum absolute atomic E-state index is 12.8. The van der Waals surface area contributed by atoms with Gasteiger partial charge in [-0.3, -0.25) is 4.79 Å². The highest BCUT2D eigenvalue weighted by Crippen LogP contribution is 2.33. The van der Waals surface area contributed by atoms with Gasteiger partial charge in [0.2, 0.25) is 5.91 Å². The van der Waals surface area contributed by atoms with E-state index in [4.69, 9.17) is 9.26 Å². The van der Waals surface area contributed by atoms with Crippen LogP contribution in [0, 0.1) is 13.8 Å². The zero-order valence-corrected chi connectivity index (χ0v) is 13.8. The number of methoxy groups -OCH3 is 1. The fourth-order valence-electron chi connectivity index (χ4n) is 3.24. The monoisotopic (exact) mass is 314 g/mol. The van der Waals surface area contributed by atoms with Gasteiger partial charge in [-0.15, -0.1) is 0 Å². The SMILES string of the molecule is COc1ccc(C2CCCN2C(=O)Cc2c(C)noc2C)cc1. The van der Waals surface area contributed by atoms with Gasteiger partial charge < -0.3 is 14.2 Å². The van der Waals surface area contributed by atoms with Crippen LogP contribution < -0.4 is 4.74 Å². The Morgan fingerprint density at radius 2 is 2.09 bits per heavy atom. The van der Waals surface area contributed by atoms with Gasteiger partial charge in [0.25, 0.3) is 0 Å². The van der Waals surface area contributed by atoms with Crippen molar-refractivity contribution in [2.75, 3.05) is 13.7 Å². The molecule has 5 heteroatoms. The van der Waals surface area contributed by atoms with Crippen molar-refractivity contribution in [1.82, 2.24) is 10.1 Å². The first-order valence-electron chi connectivity index (χ1n) is 7.95. The van der Waals surface area contributed by atoms with Crippen LogP contribution in [0.25, 0.3) is 0 Å². The second kappa shape index (κ2) is 6.44. The second-order valence-electron chi connectivity index (χ2n) is 6.00. The summed E-state index contributed by atoms with van der Waals surface area (Å²) in [6.45, 7) is 4.54. The first kappa shape index (κ1) is 15.6. The molecule has 0 spiro atoms. The normalized spacial score (nSPS) is 17.5. The van der Waals surface area contributed by atoms with Crippen LogP contribution in [0.5, 0.6) is 5.75 Å². The molecular weight excluding hydrogens is 292 g/mol. The number of amides is 1. The maximum Gasteiger partial charge on any atom is 0.227 e. The smallest absolute Gasteiger partial charge is 0.227 e. The Morgan fingerprint density at radius 1 is 1.35 bits per heavy atom. The minimum absolute atomic E-state index is 0.137. The molecule has 3 rings (SSSR count). The lowest BCUT2D eigenvalue weighted by molar-refractivity contribution is -0.131. The molecule has 1 saturated heterocycles. The van der Waals surface area contributed by atoms with Crippen molar-refractivity contribution in [2.45, 2.75) is 39.2 Å². The van der Waals surface area contributed by atoms with Gasteiger partial charge in [-0.2, -0.15) is 0 Å². The summed E-state index contributed by atoms with van der Waals surface area (Å²) in [5.74, 6) is 1.70. The van der Waals surface area contributed by atoms with Crippen LogP contribution in [-0.2, 0) is 11.2 Å². The van der Waals surface area contributed by atoms with Gasteiger partial charge >= 0.3 is 0 Å². The summed E-state index contributed by atoms with van der Waals surface area (Å²) in [7, 11) is 1.66. The summed E-state index contributed by atoms with van der Waals surface area (Å²) in [5, 5.41) is 3.93. The molecule has 1 aromatic heterocycles. The molecule has 0 radical (unpaired) electrons. The van der Waals surface area contributed by atoms with E-state index in [-0.39, 0.29) is 11.9 Å². The number of benzene rings is 1. The molecule has 1 aliphatic rings. The summed E-state index contributed by atoms with van der Waals surface area (Å²) in [6.07, 6.45) is 2.39. The highest BCUT2D eigenvalue weighted by molar-refractivity contribution is 5.80. The van der Waals surface area contributed by atoms with Gasteiger partial charge in [0.15, 0.2) is 0 Å². The molecule has 2 aromatic rings. The van der Waals surface area contributed by atoms with Crippen molar-refractivity contribution in [3.63, 3.8) is 0 Å². The molecule has 2 heterocycles. The third kappa shape index (κ3) is 3.09. The lowest BCUT2D eigenvalue weighted by Crippen LogP contribution is -2.32. The van der Waals surface area contributed by atoms with E-state index in [9.17, 15) is 4.79 Å². The van der Waals surface area contributed by atoms with E-state index in [0.29, 0.717) is 6.42 Å². The van der Waals surface area contributed by atoms with Gasteiger partial charge in [0, 0.05) is 12.1 Å². The van der Waals surface area contributed by atoms with E-state index in [2.05, 4.69) is 5.16 Å². The van der Waals surface area contributed by atoms with E-state index in [1.54, 1.807) is 7.11 Å². The number of carbonyl (C=O) groups is 1. The predicted octanol–water partition coefficient (Wildman–Crippen LogP) is 3.21. The van der Waals surface area contributed by atoms with E-state index >= 15 is 0 Å². The average Bonchev–Trinajstić information content (AvgIpc) is 3.17. The van der Waals surface area contributed by atoms with Crippen molar-refractivity contribution in [3.05, 3.63) is 46.8 Å². The Balaban J connectivity index is 1.76. The molecule has 23 heavy (non-hydrogen) atoms. The van der Waals surface area contributed by atoms with E-state index in [1.807, 2.05) is 43.0 Å². The average molecular weight is 314 g/mol. The van der Waals surface area contributed by atoms with Gasteiger partial charge in [-0.05, 0) is 44.4 Å². The lowest BCUT2D eigenvalue weighted by atomic mass is 10.0. The van der Waals surface area contributed by atoms with Crippen LogP contribution in [0.15, 0.2) is 28.8 Å². The zero-order valence-electron chi connectivity index (χ0n) is 13.8. The van der Waals surface area contributed by atoms with Crippen molar-refractivity contribution < 1.29 is 14.1 Å². The van der Waals surface area contributed by atoms with Crippen molar-refractivity contribution in [1.29, 1.82) is 0 Å². The first-order chi connectivity index (χ1) is 11.1. The number of carbonyl (C=O) groups excluding carboxylic acids is 1. The van der Waals surface area contributed by atoms with E-state index < -0.39 is 0 Å². The van der Waals surface area contributed by atoms with Gasteiger partial charge in [0.05, 0.1) is 25.3 Å². The molecule has 1 aromatic carbocycles. The van der Waals surface area contributed by atoms with Gasteiger partial charge in [-0.1, -0.05) is 17.3 Å². The zero-order chi connectivity index (χ0) is 16.4. The van der Waals surface area contributed by atoms with Crippen molar-refractivity contribution >= 4 is 5.91 Å². The minimum atomic E-state index is 0.137. The van der Waals surface area contributed by atoms with Crippen LogP contribution in [0.4, 0.5) is 0 Å². The Morgan fingerprint density at radius 3 is 2.70 bits per heavy atom. The molecule has 122 valence electrons. The number of aromatic nitrogens is 1. The second-order valence-corrected chi connectivity index (χ2v) is 6.00. The fourth-order valence-corrected chi connectivity index (χ4v) is 3.24. The topological polar surface area (TPSA) is 55.6 Å². The highest BCUT2D eigenvalue weighted by atomic mass is 16.5. The number of hydrogen-bond acceptors (Lipinski definition) is 4. The summed E-state index contributed by atoms with van der Waals surface area (Å²) < 4.78 is 10.4. The quantitative estimate of drug-likeness (QED) is 0.869. The molecule has 0 N–H and O–H groups in total. The van der Waals surface area contributed by atoms with Crippen LogP contribution >= 0.6 is 0 Å². The predicted molar refractivity (Wildman–Crippen MR) is 86.4 cm³/mol. The largest absolute Gasteiger partial charge is 0.497 e. The number of rotatable bonds is 4. The lowest BCUT2D eigenvalue weighted by Gasteiger charge is -2.25. The molecule has 0 bridgehead atoms. The number of nitrogens with zero attached hydrogens (tertiary/aromatic N) is 2. The molecule has 1 atom stereocenters. The van der Waals surface area contributed by atoms with Gasteiger partial charge in [0.1, 0.15) is 11.5 Å². The first-order valence-corrected chi connectivity index (χ1v) is 7.95. The molecule has 1 amide bonds. The van der Waals surface area contributed by atoms with Crippen LogP contribution in [-0.4, -0.2) is 29.6 Å². The Hall–Kier alpha value is -2.30. The number of likely N-dealkylation sites (tertiary alicyclic amines) is 1. The van der Waals surface area contributed by atoms with E-state index in [0.717, 1.165) is 47.7 Å². The summed E-state index contributed by atoms with van der Waals surface area (Å²) >= 11 is 0. The summed E-state index contributed by atoms with van der Waals surface area (Å²) in [5.41, 5.74) is 2.88. The van der Waals surface area contributed by atoms with Crippen molar-refractivity contribution in [2.24, 2.45) is 0 Å². The Bertz CT molecular complexity index is 671. The molecule has 1 aliphatic heterocycles. The van der Waals surface area contributed by atoms with Crippen molar-refractivity contribution in [3.8, 4) is 5.75 Å². The Labute approximate surface area is 136 Å². The molecular formula is C18H22N2O3. The van der Waals surface area contributed by atoms with Crippen LogP contribution in [0.1, 0.15) is 41.5 Å². The number of aryl methyl sites for hydroxylation is 2. The summed E-state index contributed by atoms with van der Waals surface area (Å²) in [6, 6.07) is 8.14. The molecule has 1 unspecified atom stereocenters. The van der Waals surface area contributed by atoms with Crippen LogP contribution in [0.2, 0.25) is 0 Å². The molecule has 0 aliphatic carbocycles. The molecule has 5 nitrogen and oxygen atoms in total. The van der Waals surface area contributed by atoms with Crippen LogP contribution in [0.3, 0.4) is 0 Å². The number of hydrogen-bond donors (Lipinski definition) is 0. The summed E-state index contributed by atoms with van der Waals surface area (Å²) in [4.78, 5) is 14.7. The molecule has 0 saturated carbocycles. The van der Waals surface area contributed by atoms with Gasteiger partial charge in [-0.25, -0.2) is 0 Å². The fraction of sp³-hybridized carbons (Fsp3) is 0.444. The highest BCUT2D eigenvalue weighted by Gasteiger charge is 2.30. The van der Waals surface area contributed by atoms with E-state index in [1.165, 1.54) is 0 Å². The third-order valence-electron chi connectivity index (χ3n) is 4.58. The molecule has 1 fully saturated rings. The number of ether oxygens (including phenoxy) is 1. The Kier molecular flexibility index (Phi) is 4.37.